The van der Waals surface area contributed by atoms with Crippen LogP contribution >= 0.6 is 0 Å². The van der Waals surface area contributed by atoms with E-state index in [1.807, 2.05) is 0 Å². The Morgan fingerprint density at radius 3 is 2.70 bits per heavy atom. The second-order valence-electron chi connectivity index (χ2n) is 4.94. The number of carbonyl (C=O) groups is 1. The van der Waals surface area contributed by atoms with E-state index in [0.717, 1.165) is 0 Å². The van der Waals surface area contributed by atoms with Gasteiger partial charge in [0.1, 0.15) is 17.2 Å². The van der Waals surface area contributed by atoms with E-state index in [9.17, 15) is 13.2 Å². The van der Waals surface area contributed by atoms with Gasteiger partial charge in [-0.15, -0.1) is 0 Å². The summed E-state index contributed by atoms with van der Waals surface area (Å²) >= 11 is 0. The molecule has 1 aromatic rings. The first-order chi connectivity index (χ1) is 9.41. The van der Waals surface area contributed by atoms with Crippen molar-refractivity contribution < 1.29 is 22.5 Å². The normalized spacial score (nSPS) is 23.8. The maximum absolute atomic E-state index is 12.6. The molecule has 9 heteroatoms. The fourth-order valence-electron chi connectivity index (χ4n) is 2.65. The molecule has 0 aliphatic carbocycles. The predicted octanol–water partition coefficient (Wildman–Crippen LogP) is 0.117. The van der Waals surface area contributed by atoms with Crippen LogP contribution < -0.4 is 0 Å². The Hall–Kier alpha value is -1.61. The SMILES string of the molecule is Cc1noc(C)c1S(=O)(=O)N1CCN2C(=O)OCC2C1. The molecule has 1 unspecified atom stereocenters. The molecule has 0 saturated carbocycles. The zero-order chi connectivity index (χ0) is 14.5. The van der Waals surface area contributed by atoms with Crippen molar-refractivity contribution in [3.63, 3.8) is 0 Å². The number of piperazine rings is 1. The molecule has 1 atom stereocenters. The van der Waals surface area contributed by atoms with Crippen LogP contribution in [-0.2, 0) is 14.8 Å². The average Bonchev–Trinajstić information content (AvgIpc) is 2.93. The standard InChI is InChI=1S/C11H15N3O5S/c1-7-10(8(2)19-12-7)20(16,17)13-3-4-14-9(5-13)6-18-11(14)15/h9H,3-6H2,1-2H3. The minimum Gasteiger partial charge on any atom is -0.447 e. The van der Waals surface area contributed by atoms with E-state index in [2.05, 4.69) is 5.16 Å². The van der Waals surface area contributed by atoms with Gasteiger partial charge in [0, 0.05) is 19.6 Å². The lowest BCUT2D eigenvalue weighted by molar-refractivity contribution is 0.147. The van der Waals surface area contributed by atoms with Crippen molar-refractivity contribution in [1.29, 1.82) is 0 Å². The Bertz CT molecular complexity index is 634. The van der Waals surface area contributed by atoms with Gasteiger partial charge in [0.2, 0.25) is 10.0 Å². The number of hydrogen-bond donors (Lipinski definition) is 0. The van der Waals surface area contributed by atoms with Gasteiger partial charge in [0.05, 0.1) is 6.04 Å². The van der Waals surface area contributed by atoms with Crippen LogP contribution in [0.15, 0.2) is 9.42 Å². The summed E-state index contributed by atoms with van der Waals surface area (Å²) in [6.45, 7) is 4.22. The van der Waals surface area contributed by atoms with Gasteiger partial charge in [0.15, 0.2) is 5.76 Å². The lowest BCUT2D eigenvalue weighted by Gasteiger charge is -2.34. The van der Waals surface area contributed by atoms with Crippen molar-refractivity contribution in [2.24, 2.45) is 0 Å². The Labute approximate surface area is 116 Å². The number of carbonyl (C=O) groups excluding carboxylic acids is 1. The third-order valence-electron chi connectivity index (χ3n) is 3.64. The summed E-state index contributed by atoms with van der Waals surface area (Å²) in [4.78, 5) is 13.1. The molecular formula is C11H15N3O5S. The summed E-state index contributed by atoms with van der Waals surface area (Å²) in [6, 6.07) is -0.216. The largest absolute Gasteiger partial charge is 0.447 e. The molecule has 2 aliphatic heterocycles. The van der Waals surface area contributed by atoms with E-state index in [4.69, 9.17) is 9.26 Å². The molecule has 0 spiro atoms. The summed E-state index contributed by atoms with van der Waals surface area (Å²) in [5.74, 6) is 0.281. The summed E-state index contributed by atoms with van der Waals surface area (Å²) in [7, 11) is -3.65. The lowest BCUT2D eigenvalue weighted by atomic mass is 10.2. The molecule has 20 heavy (non-hydrogen) atoms. The zero-order valence-corrected chi connectivity index (χ0v) is 12.0. The third-order valence-corrected chi connectivity index (χ3v) is 5.76. The fourth-order valence-corrected chi connectivity index (χ4v) is 4.41. The number of hydrogen-bond acceptors (Lipinski definition) is 6. The molecule has 3 rings (SSSR count). The van der Waals surface area contributed by atoms with Gasteiger partial charge in [0.25, 0.3) is 0 Å². The van der Waals surface area contributed by atoms with Crippen LogP contribution in [0.2, 0.25) is 0 Å². The van der Waals surface area contributed by atoms with Crippen molar-refractivity contribution >= 4 is 16.1 Å². The molecule has 0 radical (unpaired) electrons. The molecule has 0 N–H and O–H groups in total. The molecule has 2 saturated heterocycles. The number of rotatable bonds is 2. The van der Waals surface area contributed by atoms with Crippen LogP contribution in [0.1, 0.15) is 11.5 Å². The molecule has 8 nitrogen and oxygen atoms in total. The van der Waals surface area contributed by atoms with Crippen LogP contribution in [0.3, 0.4) is 0 Å². The summed E-state index contributed by atoms with van der Waals surface area (Å²) in [5, 5.41) is 3.69. The maximum atomic E-state index is 12.6. The zero-order valence-electron chi connectivity index (χ0n) is 11.2. The molecule has 110 valence electrons. The van der Waals surface area contributed by atoms with E-state index in [1.54, 1.807) is 18.7 Å². The highest BCUT2D eigenvalue weighted by atomic mass is 32.2. The van der Waals surface area contributed by atoms with Crippen molar-refractivity contribution in [3.8, 4) is 0 Å². The monoisotopic (exact) mass is 301 g/mol. The fraction of sp³-hybridized carbons (Fsp3) is 0.636. The van der Waals surface area contributed by atoms with Gasteiger partial charge >= 0.3 is 6.09 Å². The number of cyclic esters (lactones) is 1. The number of amides is 1. The number of sulfonamides is 1. The van der Waals surface area contributed by atoms with E-state index < -0.39 is 10.0 Å². The molecule has 2 aliphatic rings. The minimum absolute atomic E-state index is 0.121. The van der Waals surface area contributed by atoms with Gasteiger partial charge in [-0.1, -0.05) is 5.16 Å². The van der Waals surface area contributed by atoms with Crippen molar-refractivity contribution in [2.45, 2.75) is 24.8 Å². The Balaban J connectivity index is 1.88. The molecule has 3 heterocycles. The smallest absolute Gasteiger partial charge is 0.410 e. The van der Waals surface area contributed by atoms with Gasteiger partial charge in [-0.05, 0) is 13.8 Å². The van der Waals surface area contributed by atoms with Crippen molar-refractivity contribution in [1.82, 2.24) is 14.4 Å². The second-order valence-corrected chi connectivity index (χ2v) is 6.82. The first kappa shape index (κ1) is 13.4. The van der Waals surface area contributed by atoms with E-state index in [0.29, 0.717) is 12.2 Å². The van der Waals surface area contributed by atoms with Crippen LogP contribution in [0, 0.1) is 13.8 Å². The van der Waals surface area contributed by atoms with Gasteiger partial charge in [-0.2, -0.15) is 4.31 Å². The van der Waals surface area contributed by atoms with Crippen LogP contribution in [0.25, 0.3) is 0 Å². The van der Waals surface area contributed by atoms with E-state index >= 15 is 0 Å². The number of ether oxygens (including phenoxy) is 1. The quantitative estimate of drug-likeness (QED) is 0.770. The summed E-state index contributed by atoms with van der Waals surface area (Å²) in [5.41, 5.74) is 0.351. The number of aryl methyl sites for hydroxylation is 2. The van der Waals surface area contributed by atoms with Crippen LogP contribution in [-0.4, -0.2) is 61.2 Å². The first-order valence-electron chi connectivity index (χ1n) is 6.27. The highest BCUT2D eigenvalue weighted by Gasteiger charge is 2.42. The number of aromatic nitrogens is 1. The van der Waals surface area contributed by atoms with E-state index in [1.165, 1.54) is 4.31 Å². The Kier molecular flexibility index (Phi) is 2.98. The number of nitrogens with zero attached hydrogens (tertiary/aromatic N) is 3. The Morgan fingerprint density at radius 2 is 2.05 bits per heavy atom. The molecule has 0 bridgehead atoms. The molecule has 1 amide bonds. The van der Waals surface area contributed by atoms with Crippen LogP contribution in [0.5, 0.6) is 0 Å². The topological polar surface area (TPSA) is 93.0 Å². The van der Waals surface area contributed by atoms with Gasteiger partial charge in [-0.25, -0.2) is 13.2 Å². The predicted molar refractivity (Wildman–Crippen MR) is 66.6 cm³/mol. The van der Waals surface area contributed by atoms with Crippen molar-refractivity contribution in [3.05, 3.63) is 11.5 Å². The van der Waals surface area contributed by atoms with Gasteiger partial charge in [-0.3, -0.25) is 4.90 Å². The average molecular weight is 301 g/mol. The van der Waals surface area contributed by atoms with Crippen LogP contribution in [0.4, 0.5) is 4.79 Å². The highest BCUT2D eigenvalue weighted by Crippen LogP contribution is 2.27. The van der Waals surface area contributed by atoms with Crippen molar-refractivity contribution in [2.75, 3.05) is 26.2 Å². The van der Waals surface area contributed by atoms with Gasteiger partial charge < -0.3 is 9.26 Å². The summed E-state index contributed by atoms with van der Waals surface area (Å²) < 4.78 is 36.5. The molecule has 2 fully saturated rings. The molecular weight excluding hydrogens is 286 g/mol. The highest BCUT2D eigenvalue weighted by molar-refractivity contribution is 7.89. The second kappa shape index (κ2) is 4.45. The first-order valence-corrected chi connectivity index (χ1v) is 7.71. The lowest BCUT2D eigenvalue weighted by Crippen LogP contribution is -2.53. The molecule has 0 aromatic carbocycles. The molecule has 1 aromatic heterocycles. The summed E-state index contributed by atoms with van der Waals surface area (Å²) in [6.07, 6.45) is -0.371. The minimum atomic E-state index is -3.65. The number of fused-ring (bicyclic) bond motifs is 1. The van der Waals surface area contributed by atoms with E-state index in [-0.39, 0.29) is 42.5 Å². The third kappa shape index (κ3) is 1.88. The Morgan fingerprint density at radius 1 is 1.30 bits per heavy atom. The maximum Gasteiger partial charge on any atom is 0.410 e.